The summed E-state index contributed by atoms with van der Waals surface area (Å²) < 4.78 is 2.41. The zero-order chi connectivity index (χ0) is 6.78. The van der Waals surface area contributed by atoms with Gasteiger partial charge in [0.2, 0.25) is 0 Å². The van der Waals surface area contributed by atoms with Crippen LogP contribution in [0.15, 0.2) is 0 Å². The van der Waals surface area contributed by atoms with Gasteiger partial charge in [-0.15, -0.1) is 0 Å². The third-order valence-corrected chi connectivity index (χ3v) is 7.12. The minimum atomic E-state index is -0.655. The fraction of sp³-hybridized carbons (Fsp3) is 1.00. The minimum Gasteiger partial charge on any atom is -0.337 e. The first-order valence-corrected chi connectivity index (χ1v) is 9.53. The van der Waals surface area contributed by atoms with Gasteiger partial charge in [-0.1, -0.05) is 19.6 Å². The molecule has 3 heteroatoms. The first-order valence-electron chi connectivity index (χ1n) is 3.06. The van der Waals surface area contributed by atoms with Crippen LogP contribution >= 0.6 is 0 Å². The molecule has 0 saturated heterocycles. The van der Waals surface area contributed by atoms with Gasteiger partial charge in [0, 0.05) is 7.59 Å². The summed E-state index contributed by atoms with van der Waals surface area (Å²) in [6.07, 6.45) is 0. The van der Waals surface area contributed by atoms with Crippen LogP contribution < -0.4 is 0 Å². The number of hydrogen-bond acceptors (Lipinski definition) is 1. The van der Waals surface area contributed by atoms with E-state index in [9.17, 15) is 0 Å². The first kappa shape index (κ1) is 8.39. The van der Waals surface area contributed by atoms with Gasteiger partial charge in [0.05, 0.1) is 9.20 Å². The summed E-state index contributed by atoms with van der Waals surface area (Å²) in [6, 6.07) is 0. The van der Waals surface area contributed by atoms with E-state index in [4.69, 9.17) is 0 Å². The van der Waals surface area contributed by atoms with Crippen molar-refractivity contribution in [3.8, 4) is 0 Å². The maximum absolute atomic E-state index is 2.44. The Balaban J connectivity index is 3.39. The SMILES string of the molecule is CN(C)[SiH2][Si](C)(C)C. The first-order chi connectivity index (χ1) is 3.42. The number of nitrogens with zero attached hydrogens (tertiary/aromatic N) is 1. The van der Waals surface area contributed by atoms with Crippen LogP contribution in [0, 0.1) is 0 Å². The second-order valence-electron chi connectivity index (χ2n) is 3.80. The second kappa shape index (κ2) is 2.80. The zero-order valence-corrected chi connectivity index (χ0v) is 9.07. The molecule has 0 aromatic carbocycles. The van der Waals surface area contributed by atoms with Crippen molar-refractivity contribution in [3.63, 3.8) is 0 Å². The topological polar surface area (TPSA) is 3.24 Å². The van der Waals surface area contributed by atoms with Crippen molar-refractivity contribution in [2.45, 2.75) is 19.6 Å². The van der Waals surface area contributed by atoms with Gasteiger partial charge in [-0.05, 0) is 14.1 Å². The van der Waals surface area contributed by atoms with E-state index in [0.717, 1.165) is 0 Å². The molecule has 0 N–H and O–H groups in total. The number of rotatable bonds is 2. The average molecular weight is 147 g/mol. The van der Waals surface area contributed by atoms with Crippen LogP contribution in [0.25, 0.3) is 0 Å². The molecule has 1 nitrogen and oxygen atoms in total. The molecular weight excluding hydrogens is 130 g/mol. The van der Waals surface area contributed by atoms with Crippen LogP contribution in [0.2, 0.25) is 19.6 Å². The van der Waals surface area contributed by atoms with E-state index in [1.165, 1.54) is 0 Å². The second-order valence-corrected chi connectivity index (χ2v) is 17.8. The summed E-state index contributed by atoms with van der Waals surface area (Å²) in [5, 5.41) is 0. The molecule has 0 aliphatic rings. The fourth-order valence-corrected chi connectivity index (χ4v) is 8.54. The van der Waals surface area contributed by atoms with E-state index in [1.54, 1.807) is 0 Å². The molecule has 0 unspecified atom stereocenters. The maximum Gasteiger partial charge on any atom is 0.0856 e. The summed E-state index contributed by atoms with van der Waals surface area (Å²) in [5.74, 6) is 0. The molecule has 0 bridgehead atoms. The molecule has 0 saturated carbocycles. The van der Waals surface area contributed by atoms with Crippen molar-refractivity contribution < 1.29 is 0 Å². The van der Waals surface area contributed by atoms with Gasteiger partial charge >= 0.3 is 0 Å². The van der Waals surface area contributed by atoms with Crippen LogP contribution in [-0.2, 0) is 0 Å². The lowest BCUT2D eigenvalue weighted by molar-refractivity contribution is 0.671. The van der Waals surface area contributed by atoms with E-state index >= 15 is 0 Å². The Morgan fingerprint density at radius 3 is 1.50 bits per heavy atom. The Hall–Kier alpha value is 0.394. The van der Waals surface area contributed by atoms with E-state index in [2.05, 4.69) is 38.3 Å². The minimum absolute atomic E-state index is 0.157. The normalized spacial score (nSPS) is 14.2. The lowest BCUT2D eigenvalue weighted by Crippen LogP contribution is -2.39. The van der Waals surface area contributed by atoms with Crippen LogP contribution in [0.3, 0.4) is 0 Å². The Labute approximate surface area is 55.8 Å². The molecule has 0 aliphatic carbocycles. The summed E-state index contributed by atoms with van der Waals surface area (Å²) >= 11 is 0. The smallest absolute Gasteiger partial charge is 0.0856 e. The summed E-state index contributed by atoms with van der Waals surface area (Å²) in [7, 11) is 3.90. The molecule has 0 spiro atoms. The molecule has 0 amide bonds. The highest BCUT2D eigenvalue weighted by Gasteiger charge is 2.13. The zero-order valence-electron chi connectivity index (χ0n) is 6.65. The highest BCUT2D eigenvalue weighted by atomic mass is 29.2. The van der Waals surface area contributed by atoms with Gasteiger partial charge in [-0.3, -0.25) is 0 Å². The van der Waals surface area contributed by atoms with E-state index < -0.39 is 7.59 Å². The van der Waals surface area contributed by atoms with Crippen molar-refractivity contribution in [3.05, 3.63) is 0 Å². The maximum atomic E-state index is 2.44. The summed E-state index contributed by atoms with van der Waals surface area (Å²) in [5.41, 5.74) is 0. The fourth-order valence-electron chi connectivity index (χ4n) is 0.949. The van der Waals surface area contributed by atoms with Gasteiger partial charge < -0.3 is 4.57 Å². The van der Waals surface area contributed by atoms with E-state index in [1.807, 2.05) is 0 Å². The van der Waals surface area contributed by atoms with Crippen molar-refractivity contribution in [1.82, 2.24) is 4.57 Å². The largest absolute Gasteiger partial charge is 0.337 e. The molecule has 0 aromatic rings. The van der Waals surface area contributed by atoms with Gasteiger partial charge in [-0.2, -0.15) is 0 Å². The van der Waals surface area contributed by atoms with E-state index in [-0.39, 0.29) is 9.20 Å². The molecule has 50 valence electrons. The lowest BCUT2D eigenvalue weighted by atomic mass is 11.3. The predicted octanol–water partition coefficient (Wildman–Crippen LogP) is 0.467. The van der Waals surface area contributed by atoms with Gasteiger partial charge in [0.1, 0.15) is 0 Å². The molecule has 8 heavy (non-hydrogen) atoms. The Morgan fingerprint density at radius 1 is 1.12 bits per heavy atom. The third kappa shape index (κ3) is 6.39. The highest BCUT2D eigenvalue weighted by molar-refractivity contribution is 7.21. The monoisotopic (exact) mass is 147 g/mol. The summed E-state index contributed by atoms with van der Waals surface area (Å²) in [6.45, 7) is 7.33. The number of hydrogen-bond donors (Lipinski definition) is 0. The van der Waals surface area contributed by atoms with Crippen molar-refractivity contribution >= 4 is 16.8 Å². The Kier molecular flexibility index (Phi) is 2.94. The Bertz CT molecular complexity index is 65.3. The molecule has 0 radical (unpaired) electrons. The van der Waals surface area contributed by atoms with Crippen LogP contribution in [0.5, 0.6) is 0 Å². The third-order valence-electron chi connectivity index (χ3n) is 0.791. The standard InChI is InChI=1S/C5H17NSi2/c1-6(2)7-8(3,4)5/h7H2,1-5H3. The van der Waals surface area contributed by atoms with Gasteiger partial charge in [-0.25, -0.2) is 0 Å². The molecule has 0 aromatic heterocycles. The molecule has 0 rings (SSSR count). The van der Waals surface area contributed by atoms with Crippen molar-refractivity contribution in [1.29, 1.82) is 0 Å². The molecule has 0 aliphatic heterocycles. The van der Waals surface area contributed by atoms with Crippen molar-refractivity contribution in [2.24, 2.45) is 0 Å². The van der Waals surface area contributed by atoms with Crippen LogP contribution in [0.1, 0.15) is 0 Å². The van der Waals surface area contributed by atoms with Gasteiger partial charge in [0.15, 0.2) is 0 Å². The molecular formula is C5H17NSi2. The van der Waals surface area contributed by atoms with Crippen LogP contribution in [-0.4, -0.2) is 35.5 Å². The summed E-state index contributed by atoms with van der Waals surface area (Å²) in [4.78, 5) is 0. The average Bonchev–Trinajstić information content (AvgIpc) is 1.21. The van der Waals surface area contributed by atoms with Gasteiger partial charge in [0.25, 0.3) is 0 Å². The highest BCUT2D eigenvalue weighted by Crippen LogP contribution is 1.96. The van der Waals surface area contributed by atoms with E-state index in [0.29, 0.717) is 0 Å². The molecule has 0 heterocycles. The van der Waals surface area contributed by atoms with Crippen molar-refractivity contribution in [2.75, 3.05) is 14.1 Å². The molecule has 0 fully saturated rings. The Morgan fingerprint density at radius 2 is 1.50 bits per heavy atom. The molecule has 0 atom stereocenters. The predicted molar refractivity (Wildman–Crippen MR) is 45.6 cm³/mol. The van der Waals surface area contributed by atoms with Crippen LogP contribution in [0.4, 0.5) is 0 Å². The lowest BCUT2D eigenvalue weighted by Gasteiger charge is -2.19. The quantitative estimate of drug-likeness (QED) is 0.513.